The second kappa shape index (κ2) is 1.76. The number of allylic oxidation sites excluding steroid dienone is 1. The second-order valence-electron chi connectivity index (χ2n) is 2.06. The molecule has 3 nitrogen and oxygen atoms in total. The van der Waals surface area contributed by atoms with Crippen LogP contribution in [0.1, 0.15) is 13.8 Å². The van der Waals surface area contributed by atoms with Crippen molar-refractivity contribution in [2.45, 2.75) is 20.0 Å². The second-order valence-corrected chi connectivity index (χ2v) is 2.06. The lowest BCUT2D eigenvalue weighted by Gasteiger charge is -1.97. The SMILES string of the molecule is CC1=C([OH2+])C(=O)C(C)O1. The van der Waals surface area contributed by atoms with Gasteiger partial charge in [0.2, 0.25) is 0 Å². The molecule has 1 aliphatic heterocycles. The lowest BCUT2D eigenvalue weighted by atomic mass is 10.2. The fourth-order valence-corrected chi connectivity index (χ4v) is 0.754. The van der Waals surface area contributed by atoms with Gasteiger partial charge in [-0.25, -0.2) is 0 Å². The normalized spacial score (nSPS) is 26.9. The Bertz CT molecular complexity index is 181. The van der Waals surface area contributed by atoms with Crippen molar-refractivity contribution in [3.63, 3.8) is 0 Å². The van der Waals surface area contributed by atoms with Crippen LogP contribution in [-0.4, -0.2) is 17.0 Å². The molecular weight excluding hydrogens is 120 g/mol. The van der Waals surface area contributed by atoms with Crippen molar-refractivity contribution in [1.82, 2.24) is 0 Å². The third-order valence-corrected chi connectivity index (χ3v) is 1.32. The van der Waals surface area contributed by atoms with Crippen LogP contribution in [0, 0.1) is 0 Å². The third-order valence-electron chi connectivity index (χ3n) is 1.32. The van der Waals surface area contributed by atoms with E-state index in [2.05, 4.69) is 0 Å². The van der Waals surface area contributed by atoms with Gasteiger partial charge in [-0.1, -0.05) is 0 Å². The highest BCUT2D eigenvalue weighted by molar-refractivity contribution is 5.98. The van der Waals surface area contributed by atoms with Crippen molar-refractivity contribution < 1.29 is 14.6 Å². The Morgan fingerprint density at radius 1 is 1.67 bits per heavy atom. The molecule has 0 spiro atoms. The zero-order valence-electron chi connectivity index (χ0n) is 5.39. The van der Waals surface area contributed by atoms with E-state index >= 15 is 0 Å². The van der Waals surface area contributed by atoms with Crippen molar-refractivity contribution >= 4 is 5.78 Å². The number of Topliss-reactive ketones (excluding diaryl/α,β-unsaturated/α-hetero) is 1. The van der Waals surface area contributed by atoms with Crippen molar-refractivity contribution in [1.29, 1.82) is 0 Å². The van der Waals surface area contributed by atoms with E-state index in [-0.39, 0.29) is 11.5 Å². The first-order valence-electron chi connectivity index (χ1n) is 2.76. The molecule has 0 saturated carbocycles. The van der Waals surface area contributed by atoms with Crippen LogP contribution in [-0.2, 0) is 9.53 Å². The van der Waals surface area contributed by atoms with E-state index in [1.165, 1.54) is 0 Å². The molecule has 1 aliphatic rings. The molecule has 1 rings (SSSR count). The summed E-state index contributed by atoms with van der Waals surface area (Å²) in [5.74, 6) is 0.238. The minimum atomic E-state index is -0.433. The van der Waals surface area contributed by atoms with Crippen LogP contribution >= 0.6 is 0 Å². The van der Waals surface area contributed by atoms with E-state index in [1.54, 1.807) is 13.8 Å². The van der Waals surface area contributed by atoms with Gasteiger partial charge in [0, 0.05) is 6.92 Å². The van der Waals surface area contributed by atoms with Crippen molar-refractivity contribution in [3.05, 3.63) is 11.5 Å². The maximum Gasteiger partial charge on any atom is 0.340 e. The maximum absolute atomic E-state index is 10.7. The van der Waals surface area contributed by atoms with Gasteiger partial charge in [0.1, 0.15) is 0 Å². The molecule has 0 bridgehead atoms. The molecule has 0 fully saturated rings. The highest BCUT2D eigenvalue weighted by Gasteiger charge is 2.33. The first-order chi connectivity index (χ1) is 4.13. The highest BCUT2D eigenvalue weighted by atomic mass is 16.5. The molecular formula is C6H9O3+. The van der Waals surface area contributed by atoms with Crippen LogP contribution in [0.4, 0.5) is 0 Å². The van der Waals surface area contributed by atoms with Crippen molar-refractivity contribution in [2.75, 3.05) is 0 Å². The number of ketones is 1. The summed E-state index contributed by atoms with van der Waals surface area (Å²) in [6.07, 6.45) is -0.433. The van der Waals surface area contributed by atoms with Crippen molar-refractivity contribution in [2.24, 2.45) is 0 Å². The van der Waals surface area contributed by atoms with Gasteiger partial charge < -0.3 is 9.84 Å². The zero-order chi connectivity index (χ0) is 7.02. The molecule has 0 amide bonds. The number of ether oxygens (including phenoxy) is 1. The molecule has 0 radical (unpaired) electrons. The molecule has 0 aromatic carbocycles. The average Bonchev–Trinajstić information content (AvgIpc) is 1.98. The van der Waals surface area contributed by atoms with Gasteiger partial charge in [0.05, 0.1) is 0 Å². The quantitative estimate of drug-likeness (QED) is 0.430. The minimum Gasteiger partial charge on any atom is -0.588 e. The van der Waals surface area contributed by atoms with Gasteiger partial charge in [0.25, 0.3) is 5.78 Å². The van der Waals surface area contributed by atoms with E-state index in [1.807, 2.05) is 0 Å². The summed E-state index contributed by atoms with van der Waals surface area (Å²) in [6.45, 7) is 3.27. The number of hydrogen-bond donors (Lipinski definition) is 0. The van der Waals surface area contributed by atoms with Gasteiger partial charge in [-0.3, -0.25) is 4.79 Å². The molecule has 0 aromatic heterocycles. The highest BCUT2D eigenvalue weighted by Crippen LogP contribution is 2.17. The third kappa shape index (κ3) is 0.781. The standard InChI is InChI=1S/C6H8O3/c1-3-5(7)6(8)4(2)9-3/h3,8H,1-2H3/p+1. The minimum absolute atomic E-state index is 0.0162. The largest absolute Gasteiger partial charge is 0.588 e. The predicted molar refractivity (Wildman–Crippen MR) is 31.9 cm³/mol. The van der Waals surface area contributed by atoms with E-state index in [9.17, 15) is 4.79 Å². The summed E-state index contributed by atoms with van der Waals surface area (Å²) >= 11 is 0. The van der Waals surface area contributed by atoms with Crippen LogP contribution in [0.15, 0.2) is 11.5 Å². The summed E-state index contributed by atoms with van der Waals surface area (Å²) in [4.78, 5) is 10.7. The van der Waals surface area contributed by atoms with Gasteiger partial charge in [-0.15, -0.1) is 0 Å². The number of carbonyl (C=O) groups is 1. The van der Waals surface area contributed by atoms with Gasteiger partial charge >= 0.3 is 5.76 Å². The zero-order valence-corrected chi connectivity index (χ0v) is 5.39. The number of rotatable bonds is 0. The summed E-state index contributed by atoms with van der Waals surface area (Å²) in [6, 6.07) is 0. The Morgan fingerprint density at radius 2 is 2.22 bits per heavy atom. The van der Waals surface area contributed by atoms with Crippen LogP contribution in [0.5, 0.6) is 0 Å². The van der Waals surface area contributed by atoms with Crippen LogP contribution in [0.25, 0.3) is 0 Å². The Kier molecular flexibility index (Phi) is 1.20. The molecule has 9 heavy (non-hydrogen) atoms. The summed E-state index contributed by atoms with van der Waals surface area (Å²) in [7, 11) is 0. The Balaban J connectivity index is 2.87. The molecule has 0 saturated heterocycles. The maximum atomic E-state index is 10.7. The summed E-state index contributed by atoms with van der Waals surface area (Å²) in [5, 5.41) is 7.08. The fourth-order valence-electron chi connectivity index (χ4n) is 0.754. The van der Waals surface area contributed by atoms with E-state index in [0.29, 0.717) is 5.76 Å². The van der Waals surface area contributed by atoms with Crippen LogP contribution in [0.2, 0.25) is 0 Å². The van der Waals surface area contributed by atoms with Crippen LogP contribution in [0.3, 0.4) is 0 Å². The monoisotopic (exact) mass is 129 g/mol. The lowest BCUT2D eigenvalue weighted by molar-refractivity contribution is -0.122. The lowest BCUT2D eigenvalue weighted by Crippen LogP contribution is -2.12. The van der Waals surface area contributed by atoms with E-state index in [4.69, 9.17) is 9.84 Å². The molecule has 3 heteroatoms. The smallest absolute Gasteiger partial charge is 0.340 e. The van der Waals surface area contributed by atoms with Gasteiger partial charge in [-0.05, 0) is 6.92 Å². The molecule has 0 aliphatic carbocycles. The first kappa shape index (κ1) is 6.13. The molecule has 1 atom stereocenters. The van der Waals surface area contributed by atoms with Crippen molar-refractivity contribution in [3.8, 4) is 0 Å². The van der Waals surface area contributed by atoms with E-state index < -0.39 is 6.10 Å². The number of hydrogen-bond acceptors (Lipinski definition) is 2. The Hall–Kier alpha value is -0.990. The Labute approximate surface area is 52.9 Å². The molecule has 1 unspecified atom stereocenters. The molecule has 0 aromatic rings. The molecule has 2 N–H and O–H groups in total. The van der Waals surface area contributed by atoms with Crippen LogP contribution < -0.4 is 0 Å². The average molecular weight is 129 g/mol. The Morgan fingerprint density at radius 3 is 2.33 bits per heavy atom. The summed E-state index contributed by atoms with van der Waals surface area (Å²) < 4.78 is 4.93. The number of carbonyl (C=O) groups excluding carboxylic acids is 1. The van der Waals surface area contributed by atoms with Gasteiger partial charge in [0.15, 0.2) is 11.9 Å². The first-order valence-corrected chi connectivity index (χ1v) is 2.76. The molecule has 1 heterocycles. The summed E-state index contributed by atoms with van der Waals surface area (Å²) in [5.41, 5.74) is 0. The topological polar surface area (TPSA) is 49.2 Å². The van der Waals surface area contributed by atoms with E-state index in [0.717, 1.165) is 0 Å². The molecule has 50 valence electrons. The fraction of sp³-hybridized carbons (Fsp3) is 0.500. The van der Waals surface area contributed by atoms with Gasteiger partial charge in [-0.2, -0.15) is 0 Å². The predicted octanol–water partition coefficient (Wildman–Crippen LogP) is -0.0697.